The molecular formula is C16H21NO2. The molecule has 2 rings (SSSR count). The summed E-state index contributed by atoms with van der Waals surface area (Å²) >= 11 is 0. The van der Waals surface area contributed by atoms with Gasteiger partial charge in [-0.1, -0.05) is 38.1 Å². The molecule has 1 heterocycles. The highest BCUT2D eigenvalue weighted by Gasteiger charge is 2.22. The van der Waals surface area contributed by atoms with Crippen molar-refractivity contribution in [3.8, 4) is 0 Å². The Kier molecular flexibility index (Phi) is 4.51. The van der Waals surface area contributed by atoms with E-state index in [4.69, 9.17) is 4.74 Å². The number of nitrogens with zero attached hydrogens (tertiary/aromatic N) is 1. The molecule has 2 aromatic rings. The summed E-state index contributed by atoms with van der Waals surface area (Å²) in [6.45, 7) is 4.09. The Labute approximate surface area is 114 Å². The summed E-state index contributed by atoms with van der Waals surface area (Å²) in [5, 5.41) is 11.4. The van der Waals surface area contributed by atoms with Gasteiger partial charge < -0.3 is 9.84 Å². The first kappa shape index (κ1) is 14.0. The lowest BCUT2D eigenvalue weighted by molar-refractivity contribution is -0.0371. The van der Waals surface area contributed by atoms with E-state index in [1.165, 1.54) is 0 Å². The van der Waals surface area contributed by atoms with E-state index < -0.39 is 6.10 Å². The molecule has 3 nitrogen and oxygen atoms in total. The molecule has 0 bridgehead atoms. The Bertz CT molecular complexity index is 539. The molecule has 0 fully saturated rings. The van der Waals surface area contributed by atoms with Crippen LogP contribution >= 0.6 is 0 Å². The van der Waals surface area contributed by atoms with Gasteiger partial charge >= 0.3 is 0 Å². The topological polar surface area (TPSA) is 42.4 Å². The van der Waals surface area contributed by atoms with Gasteiger partial charge in [0.05, 0.1) is 17.7 Å². The van der Waals surface area contributed by atoms with Crippen LogP contribution in [0, 0.1) is 5.92 Å². The lowest BCUT2D eigenvalue weighted by Crippen LogP contribution is -2.34. The molecule has 102 valence electrons. The lowest BCUT2D eigenvalue weighted by atomic mass is 9.98. The Hall–Kier alpha value is -1.45. The minimum Gasteiger partial charge on any atom is -0.390 e. The van der Waals surface area contributed by atoms with Gasteiger partial charge in [-0.05, 0) is 18.1 Å². The van der Waals surface area contributed by atoms with Crippen LogP contribution in [-0.2, 0) is 11.2 Å². The monoisotopic (exact) mass is 259 g/mol. The minimum atomic E-state index is -0.529. The summed E-state index contributed by atoms with van der Waals surface area (Å²) in [5.41, 5.74) is 1.86. The van der Waals surface area contributed by atoms with Crippen LogP contribution in [0.5, 0.6) is 0 Å². The van der Waals surface area contributed by atoms with Crippen LogP contribution in [0.4, 0.5) is 0 Å². The molecule has 2 unspecified atom stereocenters. The fraction of sp³-hybridized carbons (Fsp3) is 0.438. The maximum Gasteiger partial charge on any atom is 0.0859 e. The number of pyridine rings is 1. The Balaban J connectivity index is 2.16. The molecule has 0 saturated carbocycles. The Morgan fingerprint density at radius 2 is 1.89 bits per heavy atom. The van der Waals surface area contributed by atoms with E-state index >= 15 is 0 Å². The van der Waals surface area contributed by atoms with Crippen molar-refractivity contribution in [1.82, 2.24) is 4.98 Å². The molecule has 1 N–H and O–H groups in total. The van der Waals surface area contributed by atoms with E-state index in [2.05, 4.69) is 4.98 Å². The maximum absolute atomic E-state index is 10.2. The predicted molar refractivity (Wildman–Crippen MR) is 77.1 cm³/mol. The van der Waals surface area contributed by atoms with Gasteiger partial charge in [-0.15, -0.1) is 0 Å². The van der Waals surface area contributed by atoms with Crippen molar-refractivity contribution in [2.45, 2.75) is 32.5 Å². The average Bonchev–Trinajstić information content (AvgIpc) is 2.39. The molecule has 0 spiro atoms. The Morgan fingerprint density at radius 3 is 2.58 bits per heavy atom. The normalized spacial score (nSPS) is 14.8. The van der Waals surface area contributed by atoms with Crippen molar-refractivity contribution in [2.24, 2.45) is 5.92 Å². The van der Waals surface area contributed by atoms with Gasteiger partial charge in [0.2, 0.25) is 0 Å². The number of para-hydroxylation sites is 1. The van der Waals surface area contributed by atoms with Crippen LogP contribution in [0.15, 0.2) is 36.4 Å². The van der Waals surface area contributed by atoms with Crippen molar-refractivity contribution in [3.05, 3.63) is 42.1 Å². The molecule has 0 aliphatic carbocycles. The number of benzene rings is 1. The number of aliphatic hydroxyl groups is 1. The van der Waals surface area contributed by atoms with Crippen LogP contribution in [0.25, 0.3) is 10.9 Å². The number of rotatable bonds is 5. The van der Waals surface area contributed by atoms with Crippen molar-refractivity contribution < 1.29 is 9.84 Å². The molecule has 0 aliphatic heterocycles. The summed E-state index contributed by atoms with van der Waals surface area (Å²) in [6, 6.07) is 12.0. The smallest absolute Gasteiger partial charge is 0.0859 e. The quantitative estimate of drug-likeness (QED) is 0.897. The van der Waals surface area contributed by atoms with Gasteiger partial charge in [0.25, 0.3) is 0 Å². The van der Waals surface area contributed by atoms with E-state index in [9.17, 15) is 5.11 Å². The van der Waals surface area contributed by atoms with Crippen LogP contribution in [0.3, 0.4) is 0 Å². The van der Waals surface area contributed by atoms with Crippen LogP contribution in [-0.4, -0.2) is 29.4 Å². The van der Waals surface area contributed by atoms with Gasteiger partial charge in [-0.2, -0.15) is 0 Å². The van der Waals surface area contributed by atoms with E-state index in [0.29, 0.717) is 6.42 Å². The van der Waals surface area contributed by atoms with Crippen molar-refractivity contribution in [2.75, 3.05) is 7.11 Å². The van der Waals surface area contributed by atoms with Gasteiger partial charge in [0, 0.05) is 24.6 Å². The second kappa shape index (κ2) is 6.13. The van der Waals surface area contributed by atoms with Gasteiger partial charge in [0.1, 0.15) is 0 Å². The number of aromatic nitrogens is 1. The molecule has 0 radical (unpaired) electrons. The van der Waals surface area contributed by atoms with E-state index in [1.54, 1.807) is 7.11 Å². The first-order valence-corrected chi connectivity index (χ1v) is 6.67. The summed E-state index contributed by atoms with van der Waals surface area (Å²) in [7, 11) is 1.64. The third kappa shape index (κ3) is 3.31. The van der Waals surface area contributed by atoms with E-state index in [0.717, 1.165) is 16.6 Å². The largest absolute Gasteiger partial charge is 0.390 e. The lowest BCUT2D eigenvalue weighted by Gasteiger charge is -2.24. The number of hydrogen-bond acceptors (Lipinski definition) is 3. The second-order valence-corrected chi connectivity index (χ2v) is 5.21. The molecule has 0 amide bonds. The summed E-state index contributed by atoms with van der Waals surface area (Å²) in [6.07, 6.45) is -0.173. The van der Waals surface area contributed by atoms with Crippen molar-refractivity contribution >= 4 is 10.9 Å². The summed E-state index contributed by atoms with van der Waals surface area (Å²) < 4.78 is 5.36. The molecular weight excluding hydrogens is 238 g/mol. The SMILES string of the molecule is COC(C(C)C)C(O)Cc1ccc2ccccc2n1. The standard InChI is InChI=1S/C16H21NO2/c1-11(2)16(19-3)15(18)10-13-9-8-12-6-4-5-7-14(12)17-13/h4-9,11,15-16,18H,10H2,1-3H3. The van der Waals surface area contributed by atoms with Crippen molar-refractivity contribution in [1.29, 1.82) is 0 Å². The molecule has 0 saturated heterocycles. The molecule has 19 heavy (non-hydrogen) atoms. The Morgan fingerprint density at radius 1 is 1.16 bits per heavy atom. The predicted octanol–water partition coefficient (Wildman–Crippen LogP) is 2.81. The maximum atomic E-state index is 10.2. The average molecular weight is 259 g/mol. The molecule has 3 heteroatoms. The van der Waals surface area contributed by atoms with Gasteiger partial charge in [-0.25, -0.2) is 0 Å². The van der Waals surface area contributed by atoms with Gasteiger partial charge in [-0.3, -0.25) is 4.98 Å². The molecule has 0 aliphatic rings. The zero-order valence-corrected chi connectivity index (χ0v) is 11.7. The van der Waals surface area contributed by atoms with Crippen LogP contribution in [0.1, 0.15) is 19.5 Å². The molecule has 2 atom stereocenters. The number of methoxy groups -OCH3 is 1. The first-order chi connectivity index (χ1) is 9.11. The highest BCUT2D eigenvalue weighted by Crippen LogP contribution is 2.16. The fourth-order valence-corrected chi connectivity index (χ4v) is 2.43. The minimum absolute atomic E-state index is 0.159. The third-order valence-corrected chi connectivity index (χ3v) is 3.38. The number of aliphatic hydroxyl groups excluding tert-OH is 1. The molecule has 1 aromatic carbocycles. The van der Waals surface area contributed by atoms with E-state index in [1.807, 2.05) is 50.2 Å². The van der Waals surface area contributed by atoms with Crippen molar-refractivity contribution in [3.63, 3.8) is 0 Å². The van der Waals surface area contributed by atoms with Crippen LogP contribution < -0.4 is 0 Å². The highest BCUT2D eigenvalue weighted by molar-refractivity contribution is 5.78. The second-order valence-electron chi connectivity index (χ2n) is 5.21. The zero-order valence-electron chi connectivity index (χ0n) is 11.7. The fourth-order valence-electron chi connectivity index (χ4n) is 2.43. The summed E-state index contributed by atoms with van der Waals surface area (Å²) in [5.74, 6) is 0.278. The number of fused-ring (bicyclic) bond motifs is 1. The molecule has 1 aromatic heterocycles. The zero-order chi connectivity index (χ0) is 13.8. The third-order valence-electron chi connectivity index (χ3n) is 3.38. The number of hydrogen-bond donors (Lipinski definition) is 1. The first-order valence-electron chi connectivity index (χ1n) is 6.67. The summed E-state index contributed by atoms with van der Waals surface area (Å²) in [4.78, 5) is 4.58. The number of ether oxygens (including phenoxy) is 1. The highest BCUT2D eigenvalue weighted by atomic mass is 16.5. The van der Waals surface area contributed by atoms with E-state index in [-0.39, 0.29) is 12.0 Å². The van der Waals surface area contributed by atoms with Crippen LogP contribution in [0.2, 0.25) is 0 Å². The van der Waals surface area contributed by atoms with Gasteiger partial charge in [0.15, 0.2) is 0 Å².